The van der Waals surface area contributed by atoms with Gasteiger partial charge in [0.25, 0.3) is 5.89 Å². The summed E-state index contributed by atoms with van der Waals surface area (Å²) in [5.41, 5.74) is 7.40. The topological polar surface area (TPSA) is 77.8 Å². The number of rotatable bonds is 4. The summed E-state index contributed by atoms with van der Waals surface area (Å²) in [6.45, 7) is 1.87. The number of nitrogens with two attached hydrogens (primary N) is 1. The van der Waals surface area contributed by atoms with Gasteiger partial charge in [0.2, 0.25) is 0 Å². The van der Waals surface area contributed by atoms with Gasteiger partial charge in [0.1, 0.15) is 5.00 Å². The van der Waals surface area contributed by atoms with Gasteiger partial charge in [-0.05, 0) is 36.7 Å². The van der Waals surface area contributed by atoms with Crippen molar-refractivity contribution in [3.63, 3.8) is 0 Å². The molecule has 0 radical (unpaired) electrons. The van der Waals surface area contributed by atoms with E-state index in [9.17, 15) is 0 Å². The number of aryl methyl sites for hydroxylation is 1. The summed E-state index contributed by atoms with van der Waals surface area (Å²) in [4.78, 5) is 5.42. The first-order valence-electron chi connectivity index (χ1n) is 6.06. The number of nitrogens with zero attached hydrogens (tertiary/aromatic N) is 3. The van der Waals surface area contributed by atoms with Gasteiger partial charge in [-0.15, -0.1) is 11.8 Å². The molecular weight excluding hydrogens is 328 g/mol. The Bertz CT molecular complexity index is 752. The second-order valence-corrected chi connectivity index (χ2v) is 6.56. The third-order valence-corrected chi connectivity index (χ3v) is 4.73. The van der Waals surface area contributed by atoms with E-state index in [1.165, 1.54) is 11.5 Å². The minimum absolute atomic E-state index is 0.417. The number of hydrogen-bond donors (Lipinski definition) is 1. The fourth-order valence-corrected chi connectivity index (χ4v) is 3.47. The van der Waals surface area contributed by atoms with Crippen LogP contribution in [0.25, 0.3) is 11.5 Å². The van der Waals surface area contributed by atoms with E-state index in [1.54, 1.807) is 11.8 Å². The highest BCUT2D eigenvalue weighted by atomic mass is 35.5. The van der Waals surface area contributed by atoms with Crippen molar-refractivity contribution in [3.8, 4) is 11.5 Å². The lowest BCUT2D eigenvalue weighted by Gasteiger charge is -1.98. The van der Waals surface area contributed by atoms with Crippen molar-refractivity contribution < 1.29 is 4.52 Å². The summed E-state index contributed by atoms with van der Waals surface area (Å²) in [6.07, 6.45) is 0. The second-order valence-electron chi connectivity index (χ2n) is 4.27. The lowest BCUT2D eigenvalue weighted by Crippen LogP contribution is -1.88. The van der Waals surface area contributed by atoms with Crippen LogP contribution in [0.2, 0.25) is 5.02 Å². The first-order valence-corrected chi connectivity index (χ1v) is 8.20. The van der Waals surface area contributed by atoms with Crippen molar-refractivity contribution in [2.24, 2.45) is 0 Å². The first kappa shape index (κ1) is 14.4. The minimum Gasteiger partial charge on any atom is -0.389 e. The van der Waals surface area contributed by atoms with Crippen LogP contribution in [0.3, 0.4) is 0 Å². The van der Waals surface area contributed by atoms with E-state index in [4.69, 9.17) is 21.9 Å². The number of anilines is 1. The summed E-state index contributed by atoms with van der Waals surface area (Å²) < 4.78 is 9.44. The molecule has 0 fully saturated rings. The summed E-state index contributed by atoms with van der Waals surface area (Å²) >= 11 is 8.77. The molecule has 1 aromatic carbocycles. The molecule has 108 valence electrons. The summed E-state index contributed by atoms with van der Waals surface area (Å²) in [5.74, 6) is 1.63. The molecule has 0 unspecified atom stereocenters. The minimum atomic E-state index is 0.417. The molecule has 2 N–H and O–H groups in total. The van der Waals surface area contributed by atoms with Crippen molar-refractivity contribution in [3.05, 3.63) is 40.8 Å². The van der Waals surface area contributed by atoms with Crippen molar-refractivity contribution in [1.82, 2.24) is 14.5 Å². The number of benzene rings is 1. The molecule has 0 spiro atoms. The number of hydrogen-bond acceptors (Lipinski definition) is 7. The van der Waals surface area contributed by atoms with Crippen LogP contribution in [0.15, 0.2) is 33.7 Å². The summed E-state index contributed by atoms with van der Waals surface area (Å²) in [6, 6.07) is 7.64. The van der Waals surface area contributed by atoms with Gasteiger partial charge in [0, 0.05) is 9.92 Å². The maximum atomic E-state index is 5.95. The maximum Gasteiger partial charge on any atom is 0.262 e. The molecule has 3 aromatic rings. The van der Waals surface area contributed by atoms with Gasteiger partial charge in [0.15, 0.2) is 5.82 Å². The van der Waals surface area contributed by atoms with E-state index in [1.807, 2.05) is 31.2 Å². The van der Waals surface area contributed by atoms with Gasteiger partial charge in [-0.3, -0.25) is 0 Å². The molecule has 0 saturated carbocycles. The average molecular weight is 339 g/mol. The van der Waals surface area contributed by atoms with Crippen LogP contribution in [0.4, 0.5) is 5.00 Å². The summed E-state index contributed by atoms with van der Waals surface area (Å²) in [5, 5.41) is 5.27. The molecule has 5 nitrogen and oxygen atoms in total. The molecule has 3 rings (SSSR count). The van der Waals surface area contributed by atoms with E-state index >= 15 is 0 Å². The Balaban J connectivity index is 1.74. The quantitative estimate of drug-likeness (QED) is 0.723. The SMILES string of the molecule is Cc1nsc(N)c1-c1nc(CSc2cccc(Cl)c2)no1. The third kappa shape index (κ3) is 3.20. The third-order valence-electron chi connectivity index (χ3n) is 2.74. The van der Waals surface area contributed by atoms with E-state index in [0.717, 1.165) is 16.2 Å². The Hall–Kier alpha value is -1.57. The Morgan fingerprint density at radius 2 is 2.29 bits per heavy atom. The van der Waals surface area contributed by atoms with Crippen molar-refractivity contribution in [2.75, 3.05) is 5.73 Å². The second kappa shape index (κ2) is 6.05. The molecule has 2 heterocycles. The molecule has 0 aliphatic rings. The fourth-order valence-electron chi connectivity index (χ4n) is 1.77. The van der Waals surface area contributed by atoms with Crippen LogP contribution < -0.4 is 5.73 Å². The van der Waals surface area contributed by atoms with Crippen LogP contribution in [-0.4, -0.2) is 14.5 Å². The zero-order valence-electron chi connectivity index (χ0n) is 11.0. The average Bonchev–Trinajstić information content (AvgIpc) is 3.04. The predicted octanol–water partition coefficient (Wildman–Crippen LogP) is 4.03. The zero-order chi connectivity index (χ0) is 14.8. The van der Waals surface area contributed by atoms with E-state index in [0.29, 0.717) is 27.5 Å². The highest BCUT2D eigenvalue weighted by Crippen LogP contribution is 2.31. The van der Waals surface area contributed by atoms with Crippen LogP contribution in [-0.2, 0) is 5.75 Å². The standard InChI is InChI=1S/C13H11ClN4OS2/c1-7-11(12(15)21-18-7)13-16-10(17-19-13)6-20-9-4-2-3-8(14)5-9/h2-5H,6,15H2,1H3. The molecule has 0 aliphatic heterocycles. The Morgan fingerprint density at radius 3 is 3.00 bits per heavy atom. The van der Waals surface area contributed by atoms with Crippen LogP contribution in [0, 0.1) is 6.92 Å². The fraction of sp³-hybridized carbons (Fsp3) is 0.154. The highest BCUT2D eigenvalue weighted by molar-refractivity contribution is 7.98. The molecule has 0 saturated heterocycles. The number of halogens is 1. The maximum absolute atomic E-state index is 5.95. The smallest absolute Gasteiger partial charge is 0.262 e. The highest BCUT2D eigenvalue weighted by Gasteiger charge is 2.17. The zero-order valence-corrected chi connectivity index (χ0v) is 13.4. The number of nitrogen functional groups attached to an aromatic ring is 1. The lowest BCUT2D eigenvalue weighted by molar-refractivity contribution is 0.425. The lowest BCUT2D eigenvalue weighted by atomic mass is 10.2. The van der Waals surface area contributed by atoms with E-state index in [2.05, 4.69) is 14.5 Å². The van der Waals surface area contributed by atoms with Crippen LogP contribution >= 0.6 is 34.9 Å². The van der Waals surface area contributed by atoms with Gasteiger partial charge in [-0.1, -0.05) is 22.8 Å². The Labute approximate surface area is 134 Å². The summed E-state index contributed by atoms with van der Waals surface area (Å²) in [7, 11) is 0. The van der Waals surface area contributed by atoms with E-state index in [-0.39, 0.29) is 0 Å². The molecule has 0 amide bonds. The Kier molecular flexibility index (Phi) is 4.14. The van der Waals surface area contributed by atoms with E-state index < -0.39 is 0 Å². The monoisotopic (exact) mass is 338 g/mol. The predicted molar refractivity (Wildman–Crippen MR) is 85.6 cm³/mol. The van der Waals surface area contributed by atoms with Crippen molar-refractivity contribution in [1.29, 1.82) is 0 Å². The molecule has 0 aliphatic carbocycles. The molecule has 0 bridgehead atoms. The van der Waals surface area contributed by atoms with Gasteiger partial charge >= 0.3 is 0 Å². The van der Waals surface area contributed by atoms with Crippen molar-refractivity contribution >= 4 is 39.9 Å². The van der Waals surface area contributed by atoms with Gasteiger partial charge in [-0.25, -0.2) is 0 Å². The van der Waals surface area contributed by atoms with Crippen LogP contribution in [0.5, 0.6) is 0 Å². The number of thioether (sulfide) groups is 1. The van der Waals surface area contributed by atoms with Gasteiger partial charge < -0.3 is 10.3 Å². The Morgan fingerprint density at radius 1 is 1.43 bits per heavy atom. The van der Waals surface area contributed by atoms with Crippen LogP contribution in [0.1, 0.15) is 11.5 Å². The normalized spacial score (nSPS) is 11.0. The molecule has 0 atom stereocenters. The first-order chi connectivity index (χ1) is 10.1. The van der Waals surface area contributed by atoms with Crippen molar-refractivity contribution in [2.45, 2.75) is 17.6 Å². The molecule has 2 aromatic heterocycles. The molecular formula is C13H11ClN4OS2. The number of aromatic nitrogens is 3. The van der Waals surface area contributed by atoms with Gasteiger partial charge in [0.05, 0.1) is 17.0 Å². The van der Waals surface area contributed by atoms with Gasteiger partial charge in [-0.2, -0.15) is 9.36 Å². The molecule has 21 heavy (non-hydrogen) atoms. The largest absolute Gasteiger partial charge is 0.389 e. The molecule has 8 heteroatoms.